The van der Waals surface area contributed by atoms with E-state index in [1.807, 2.05) is 24.3 Å². The summed E-state index contributed by atoms with van der Waals surface area (Å²) in [5.41, 5.74) is 0.931. The van der Waals surface area contributed by atoms with Crippen LogP contribution in [-0.2, 0) is 16.1 Å². The third-order valence-corrected chi connectivity index (χ3v) is 5.23. The normalized spacial score (nSPS) is 18.5. The van der Waals surface area contributed by atoms with E-state index >= 15 is 0 Å². The summed E-state index contributed by atoms with van der Waals surface area (Å²) in [4.78, 5) is 28.4. The van der Waals surface area contributed by atoms with Crippen LogP contribution in [0.15, 0.2) is 24.3 Å². The molecule has 2 N–H and O–H groups in total. The zero-order chi connectivity index (χ0) is 18.4. The van der Waals surface area contributed by atoms with E-state index in [4.69, 9.17) is 11.6 Å². The zero-order valence-electron chi connectivity index (χ0n) is 15.0. The lowest BCUT2D eigenvalue weighted by Gasteiger charge is -2.34. The molecule has 6 nitrogen and oxygen atoms in total. The maximum atomic E-state index is 12.0. The quantitative estimate of drug-likeness (QED) is 0.714. The van der Waals surface area contributed by atoms with Gasteiger partial charge in [0.25, 0.3) is 0 Å². The Bertz CT molecular complexity index is 628. The predicted octanol–water partition coefficient (Wildman–Crippen LogP) is 1.24. The molecule has 2 aliphatic rings. The van der Waals surface area contributed by atoms with E-state index in [0.29, 0.717) is 30.6 Å². The molecule has 1 aromatic carbocycles. The third kappa shape index (κ3) is 6.27. The highest BCUT2D eigenvalue weighted by molar-refractivity contribution is 6.31. The molecule has 0 unspecified atom stereocenters. The Hall–Kier alpha value is -1.63. The molecule has 1 aliphatic carbocycles. The molecule has 1 aromatic rings. The third-order valence-electron chi connectivity index (χ3n) is 4.86. The van der Waals surface area contributed by atoms with Gasteiger partial charge in [-0.25, -0.2) is 0 Å². The van der Waals surface area contributed by atoms with E-state index in [2.05, 4.69) is 20.4 Å². The average Bonchev–Trinajstić information content (AvgIpc) is 3.44. The number of nitrogens with zero attached hydrogens (tertiary/aromatic N) is 2. The van der Waals surface area contributed by atoms with Crippen LogP contribution in [-0.4, -0.2) is 66.9 Å². The van der Waals surface area contributed by atoms with Crippen molar-refractivity contribution < 1.29 is 9.59 Å². The lowest BCUT2D eigenvalue weighted by atomic mass is 10.2. The molecule has 142 valence electrons. The molecule has 0 atom stereocenters. The van der Waals surface area contributed by atoms with Crippen LogP contribution in [0.5, 0.6) is 0 Å². The van der Waals surface area contributed by atoms with Crippen molar-refractivity contribution in [1.29, 1.82) is 0 Å². The molecule has 1 aliphatic heterocycles. The van der Waals surface area contributed by atoms with E-state index in [-0.39, 0.29) is 11.8 Å². The largest absolute Gasteiger partial charge is 0.352 e. The number of halogens is 1. The van der Waals surface area contributed by atoms with Crippen LogP contribution >= 0.6 is 11.6 Å². The molecule has 3 rings (SSSR count). The lowest BCUT2D eigenvalue weighted by Crippen LogP contribution is -2.50. The summed E-state index contributed by atoms with van der Waals surface area (Å²) in [6.07, 6.45) is 2.72. The summed E-state index contributed by atoms with van der Waals surface area (Å²) < 4.78 is 0. The number of amides is 2. The molecule has 1 saturated carbocycles. The highest BCUT2D eigenvalue weighted by Crippen LogP contribution is 2.18. The van der Waals surface area contributed by atoms with Crippen LogP contribution in [0.2, 0.25) is 5.02 Å². The van der Waals surface area contributed by atoms with Gasteiger partial charge in [-0.3, -0.25) is 14.5 Å². The second kappa shape index (κ2) is 9.35. The van der Waals surface area contributed by atoms with Crippen molar-refractivity contribution in [3.63, 3.8) is 0 Å². The Morgan fingerprint density at radius 3 is 2.42 bits per heavy atom. The minimum absolute atomic E-state index is 0.0381. The Labute approximate surface area is 159 Å². The fraction of sp³-hybridized carbons (Fsp3) is 0.579. The fourth-order valence-corrected chi connectivity index (χ4v) is 3.26. The molecule has 2 fully saturated rings. The molecule has 26 heavy (non-hydrogen) atoms. The van der Waals surface area contributed by atoms with E-state index in [9.17, 15) is 9.59 Å². The molecular formula is C19H27ClN4O2. The van der Waals surface area contributed by atoms with Crippen LogP contribution in [0, 0.1) is 0 Å². The number of rotatable bonds is 8. The molecule has 7 heteroatoms. The molecule has 2 amide bonds. The topological polar surface area (TPSA) is 64.7 Å². The van der Waals surface area contributed by atoms with Gasteiger partial charge >= 0.3 is 0 Å². The molecule has 0 aromatic heterocycles. The van der Waals surface area contributed by atoms with Crippen LogP contribution in [0.4, 0.5) is 0 Å². The minimum Gasteiger partial charge on any atom is -0.352 e. The number of hydrogen-bond donors (Lipinski definition) is 2. The van der Waals surface area contributed by atoms with Crippen LogP contribution in [0.1, 0.15) is 24.8 Å². The van der Waals surface area contributed by atoms with Crippen molar-refractivity contribution in [3.8, 4) is 0 Å². The van der Waals surface area contributed by atoms with Crippen LogP contribution < -0.4 is 10.6 Å². The van der Waals surface area contributed by atoms with Crippen LogP contribution in [0.3, 0.4) is 0 Å². The molecule has 1 heterocycles. The van der Waals surface area contributed by atoms with Crippen molar-refractivity contribution in [3.05, 3.63) is 34.9 Å². The summed E-state index contributed by atoms with van der Waals surface area (Å²) in [7, 11) is 0. The highest BCUT2D eigenvalue weighted by Gasteiger charge is 2.25. The van der Waals surface area contributed by atoms with Crippen molar-refractivity contribution >= 4 is 23.4 Å². The Morgan fingerprint density at radius 1 is 1.04 bits per heavy atom. The van der Waals surface area contributed by atoms with Gasteiger partial charge in [-0.05, 0) is 24.5 Å². The first-order chi connectivity index (χ1) is 12.6. The number of nitrogens with one attached hydrogen (secondary N) is 2. The number of hydrogen-bond acceptors (Lipinski definition) is 4. The average molecular weight is 379 g/mol. The predicted molar refractivity (Wildman–Crippen MR) is 102 cm³/mol. The first-order valence-corrected chi connectivity index (χ1v) is 9.72. The monoisotopic (exact) mass is 378 g/mol. The molecule has 0 spiro atoms. The summed E-state index contributed by atoms with van der Waals surface area (Å²) in [5.74, 6) is 0.177. The van der Waals surface area contributed by atoms with Gasteiger partial charge < -0.3 is 15.5 Å². The fourth-order valence-electron chi connectivity index (χ4n) is 3.06. The van der Waals surface area contributed by atoms with E-state index in [1.165, 1.54) is 0 Å². The molecule has 1 saturated heterocycles. The number of piperazine rings is 1. The lowest BCUT2D eigenvalue weighted by molar-refractivity contribution is -0.122. The van der Waals surface area contributed by atoms with Gasteiger partial charge in [0.05, 0.1) is 6.54 Å². The standard InChI is InChI=1S/C19H27ClN4O2/c20-17-4-2-1-3-15(17)13-21-18(25)7-8-23-9-11-24(12-10-23)14-19(26)22-16-5-6-16/h1-4,16H,5-14H2,(H,21,25)(H,22,26). The van der Waals surface area contributed by atoms with E-state index in [1.54, 1.807) is 0 Å². The van der Waals surface area contributed by atoms with Crippen molar-refractivity contribution in [2.75, 3.05) is 39.3 Å². The summed E-state index contributed by atoms with van der Waals surface area (Å²) in [6.45, 7) is 5.24. The number of carbonyl (C=O) groups excluding carboxylic acids is 2. The number of benzene rings is 1. The Kier molecular flexibility index (Phi) is 6.88. The van der Waals surface area contributed by atoms with Gasteiger partial charge in [-0.1, -0.05) is 29.8 Å². The molecule has 0 radical (unpaired) electrons. The van der Waals surface area contributed by atoms with Gasteiger partial charge in [-0.15, -0.1) is 0 Å². The summed E-state index contributed by atoms with van der Waals surface area (Å²) in [6, 6.07) is 7.96. The number of carbonyl (C=O) groups is 2. The van der Waals surface area contributed by atoms with Crippen molar-refractivity contribution in [2.24, 2.45) is 0 Å². The Morgan fingerprint density at radius 2 is 1.73 bits per heavy atom. The van der Waals surface area contributed by atoms with Gasteiger partial charge in [0.1, 0.15) is 0 Å². The summed E-state index contributed by atoms with van der Waals surface area (Å²) in [5, 5.41) is 6.63. The minimum atomic E-state index is 0.0381. The maximum absolute atomic E-state index is 12.0. The van der Waals surface area contributed by atoms with Crippen molar-refractivity contribution in [1.82, 2.24) is 20.4 Å². The summed E-state index contributed by atoms with van der Waals surface area (Å²) >= 11 is 6.09. The maximum Gasteiger partial charge on any atom is 0.234 e. The second-order valence-electron chi connectivity index (χ2n) is 7.08. The molecular weight excluding hydrogens is 352 g/mol. The SMILES string of the molecule is O=C(CCN1CCN(CC(=O)NC2CC2)CC1)NCc1ccccc1Cl. The molecule has 0 bridgehead atoms. The smallest absolute Gasteiger partial charge is 0.234 e. The Balaban J connectivity index is 1.28. The van der Waals surface area contributed by atoms with Gasteiger partial charge in [0, 0.05) is 56.8 Å². The van der Waals surface area contributed by atoms with Crippen molar-refractivity contribution in [2.45, 2.75) is 31.8 Å². The van der Waals surface area contributed by atoms with Gasteiger partial charge in [-0.2, -0.15) is 0 Å². The zero-order valence-corrected chi connectivity index (χ0v) is 15.8. The van der Waals surface area contributed by atoms with Gasteiger partial charge in [0.2, 0.25) is 11.8 Å². The first kappa shape index (κ1) is 19.1. The van der Waals surface area contributed by atoms with Crippen LogP contribution in [0.25, 0.3) is 0 Å². The highest BCUT2D eigenvalue weighted by atomic mass is 35.5. The van der Waals surface area contributed by atoms with E-state index < -0.39 is 0 Å². The van der Waals surface area contributed by atoms with Gasteiger partial charge in [0.15, 0.2) is 0 Å². The van der Waals surface area contributed by atoms with E-state index in [0.717, 1.165) is 51.1 Å². The first-order valence-electron chi connectivity index (χ1n) is 9.34. The second-order valence-corrected chi connectivity index (χ2v) is 7.48.